The third-order valence-corrected chi connectivity index (χ3v) is 3.67. The van der Waals surface area contributed by atoms with Crippen LogP contribution in [0.4, 0.5) is 0 Å². The van der Waals surface area contributed by atoms with Crippen LogP contribution in [0, 0.1) is 0 Å². The molecule has 0 aliphatic rings. The van der Waals surface area contributed by atoms with Crippen molar-refractivity contribution in [3.8, 4) is 11.5 Å². The molecule has 0 aromatic heterocycles. The number of ether oxygens (including phenoxy) is 2. The summed E-state index contributed by atoms with van der Waals surface area (Å²) >= 11 is 0. The molecular formula is C20H20N2O8. The minimum Gasteiger partial charge on any atom is -0.508 e. The van der Waals surface area contributed by atoms with Gasteiger partial charge in [0, 0.05) is 11.1 Å². The Morgan fingerprint density at radius 2 is 1.00 bits per heavy atom. The van der Waals surface area contributed by atoms with Gasteiger partial charge < -0.3 is 19.7 Å². The van der Waals surface area contributed by atoms with Gasteiger partial charge in [-0.1, -0.05) is 0 Å². The predicted octanol–water partition coefficient (Wildman–Crippen LogP) is 1.53. The van der Waals surface area contributed by atoms with E-state index in [4.69, 9.17) is 9.47 Å². The second kappa shape index (κ2) is 9.92. The van der Waals surface area contributed by atoms with Gasteiger partial charge in [-0.3, -0.25) is 20.4 Å². The average molecular weight is 416 g/mol. The number of carbonyl (C=O) groups is 4. The second-order valence-corrected chi connectivity index (χ2v) is 5.89. The van der Waals surface area contributed by atoms with Crippen molar-refractivity contribution in [3.63, 3.8) is 0 Å². The van der Waals surface area contributed by atoms with E-state index in [1.165, 1.54) is 12.1 Å². The highest BCUT2D eigenvalue weighted by atomic mass is 16.5. The fourth-order valence-corrected chi connectivity index (χ4v) is 2.41. The molecule has 0 spiro atoms. The molecule has 0 saturated carbocycles. The van der Waals surface area contributed by atoms with Crippen molar-refractivity contribution in [2.75, 3.05) is 13.2 Å². The van der Waals surface area contributed by atoms with Crippen LogP contribution < -0.4 is 10.9 Å². The smallest absolute Gasteiger partial charge is 0.338 e. The summed E-state index contributed by atoms with van der Waals surface area (Å²) in [6.07, 6.45) is 0. The van der Waals surface area contributed by atoms with Crippen molar-refractivity contribution in [2.24, 2.45) is 0 Å². The van der Waals surface area contributed by atoms with Crippen LogP contribution in [0.5, 0.6) is 11.5 Å². The zero-order valence-electron chi connectivity index (χ0n) is 16.2. The quantitative estimate of drug-likeness (QED) is 0.409. The van der Waals surface area contributed by atoms with Crippen LogP contribution in [0.2, 0.25) is 0 Å². The Balaban J connectivity index is 2.12. The van der Waals surface area contributed by atoms with Crippen LogP contribution in [0.15, 0.2) is 36.4 Å². The lowest BCUT2D eigenvalue weighted by molar-refractivity contribution is 0.0516. The van der Waals surface area contributed by atoms with E-state index >= 15 is 0 Å². The number of nitrogens with one attached hydrogen (secondary N) is 2. The van der Waals surface area contributed by atoms with E-state index < -0.39 is 23.8 Å². The number of aromatic hydroxyl groups is 2. The lowest BCUT2D eigenvalue weighted by Crippen LogP contribution is -2.41. The number of benzene rings is 2. The van der Waals surface area contributed by atoms with E-state index in [1.807, 2.05) is 0 Å². The van der Waals surface area contributed by atoms with Gasteiger partial charge in [0.15, 0.2) is 0 Å². The lowest BCUT2D eigenvalue weighted by atomic mass is 10.1. The number of phenols is 2. The minimum atomic E-state index is -0.824. The molecule has 0 bridgehead atoms. The SMILES string of the molecule is CCOC(=O)c1cc(O)cc(C(=O)NNC(=O)c2cc(O)cc(C(=O)OCC)c2)c1. The maximum Gasteiger partial charge on any atom is 0.338 e. The summed E-state index contributed by atoms with van der Waals surface area (Å²) in [4.78, 5) is 48.1. The van der Waals surface area contributed by atoms with E-state index in [0.29, 0.717) is 0 Å². The third-order valence-electron chi connectivity index (χ3n) is 3.67. The minimum absolute atomic E-state index is 0.0413. The molecule has 10 heteroatoms. The summed E-state index contributed by atoms with van der Waals surface area (Å²) in [6, 6.07) is 6.84. The average Bonchev–Trinajstić information content (AvgIpc) is 2.71. The maximum atomic E-state index is 12.3. The summed E-state index contributed by atoms with van der Waals surface area (Å²) in [5, 5.41) is 19.5. The van der Waals surface area contributed by atoms with Gasteiger partial charge in [0.2, 0.25) is 0 Å². The molecule has 2 rings (SSSR count). The molecule has 10 nitrogen and oxygen atoms in total. The lowest BCUT2D eigenvalue weighted by Gasteiger charge is -2.10. The van der Waals surface area contributed by atoms with Gasteiger partial charge in [0.05, 0.1) is 24.3 Å². The van der Waals surface area contributed by atoms with Crippen LogP contribution in [0.1, 0.15) is 55.3 Å². The molecule has 2 aromatic carbocycles. The highest BCUT2D eigenvalue weighted by Gasteiger charge is 2.17. The van der Waals surface area contributed by atoms with E-state index in [-0.39, 0.29) is 47.0 Å². The molecule has 0 heterocycles. The molecule has 0 aliphatic carbocycles. The molecule has 0 fully saturated rings. The van der Waals surface area contributed by atoms with Crippen LogP contribution in [-0.2, 0) is 9.47 Å². The number of hydrogen-bond donors (Lipinski definition) is 4. The Morgan fingerprint density at radius 3 is 1.33 bits per heavy atom. The number of phenolic OH excluding ortho intramolecular Hbond substituents is 2. The Kier molecular flexibility index (Phi) is 7.34. The first kappa shape index (κ1) is 22.2. The largest absolute Gasteiger partial charge is 0.508 e. The topological polar surface area (TPSA) is 151 Å². The predicted molar refractivity (Wildman–Crippen MR) is 103 cm³/mol. The van der Waals surface area contributed by atoms with Gasteiger partial charge in [-0.25, -0.2) is 9.59 Å². The Labute approximate surface area is 171 Å². The van der Waals surface area contributed by atoms with E-state index in [0.717, 1.165) is 24.3 Å². The molecule has 30 heavy (non-hydrogen) atoms. The summed E-state index contributed by atoms with van der Waals surface area (Å²) in [6.45, 7) is 3.45. The van der Waals surface area contributed by atoms with Gasteiger partial charge in [0.25, 0.3) is 11.8 Å². The number of hydrazine groups is 1. The number of rotatable bonds is 6. The summed E-state index contributed by atoms with van der Waals surface area (Å²) in [5.41, 5.74) is 3.93. The summed E-state index contributed by atoms with van der Waals surface area (Å²) in [7, 11) is 0. The van der Waals surface area contributed by atoms with E-state index in [9.17, 15) is 29.4 Å². The molecule has 0 radical (unpaired) electrons. The van der Waals surface area contributed by atoms with Crippen LogP contribution in [-0.4, -0.2) is 47.2 Å². The molecule has 4 N–H and O–H groups in total. The van der Waals surface area contributed by atoms with Crippen molar-refractivity contribution in [1.29, 1.82) is 0 Å². The van der Waals surface area contributed by atoms with Gasteiger partial charge >= 0.3 is 11.9 Å². The Bertz CT molecular complexity index is 907. The van der Waals surface area contributed by atoms with Gasteiger partial charge in [-0.05, 0) is 50.2 Å². The van der Waals surface area contributed by atoms with Gasteiger partial charge in [0.1, 0.15) is 11.5 Å². The van der Waals surface area contributed by atoms with Crippen molar-refractivity contribution in [3.05, 3.63) is 58.7 Å². The molecule has 0 unspecified atom stereocenters. The van der Waals surface area contributed by atoms with Crippen LogP contribution >= 0.6 is 0 Å². The van der Waals surface area contributed by atoms with Crippen molar-refractivity contribution < 1.29 is 38.9 Å². The fraction of sp³-hybridized carbons (Fsp3) is 0.200. The maximum absolute atomic E-state index is 12.3. The van der Waals surface area contributed by atoms with E-state index in [1.54, 1.807) is 13.8 Å². The van der Waals surface area contributed by atoms with Crippen molar-refractivity contribution in [2.45, 2.75) is 13.8 Å². The first-order chi connectivity index (χ1) is 14.2. The summed E-state index contributed by atoms with van der Waals surface area (Å²) in [5.74, 6) is -3.78. The molecule has 0 atom stereocenters. The standard InChI is InChI=1S/C20H20N2O8/c1-3-29-19(27)13-5-11(7-15(23)9-13)17(25)21-22-18(26)12-6-14(10-16(24)8-12)20(28)30-4-2/h5-10,23-24H,3-4H2,1-2H3,(H,21,25)(H,22,26). The highest BCUT2D eigenvalue weighted by Crippen LogP contribution is 2.18. The fourth-order valence-electron chi connectivity index (χ4n) is 2.41. The molecule has 0 saturated heterocycles. The van der Waals surface area contributed by atoms with Crippen molar-refractivity contribution >= 4 is 23.8 Å². The number of amides is 2. The zero-order chi connectivity index (χ0) is 22.3. The molecule has 2 aromatic rings. The van der Waals surface area contributed by atoms with E-state index in [2.05, 4.69) is 10.9 Å². The highest BCUT2D eigenvalue weighted by molar-refractivity contribution is 6.02. The molecule has 2 amide bonds. The van der Waals surface area contributed by atoms with Crippen LogP contribution in [0.3, 0.4) is 0 Å². The normalized spacial score (nSPS) is 10.1. The molecular weight excluding hydrogens is 396 g/mol. The monoisotopic (exact) mass is 416 g/mol. The first-order valence-electron chi connectivity index (χ1n) is 8.88. The molecule has 158 valence electrons. The van der Waals surface area contributed by atoms with Crippen LogP contribution in [0.25, 0.3) is 0 Å². The molecule has 0 aliphatic heterocycles. The van der Waals surface area contributed by atoms with Gasteiger partial charge in [-0.15, -0.1) is 0 Å². The number of esters is 2. The Morgan fingerprint density at radius 1 is 0.667 bits per heavy atom. The number of carbonyl (C=O) groups excluding carboxylic acids is 4. The second-order valence-electron chi connectivity index (χ2n) is 5.89. The van der Waals surface area contributed by atoms with Crippen molar-refractivity contribution in [1.82, 2.24) is 10.9 Å². The zero-order valence-corrected chi connectivity index (χ0v) is 16.2. The number of hydrogen-bond acceptors (Lipinski definition) is 8. The first-order valence-corrected chi connectivity index (χ1v) is 8.88. The van der Waals surface area contributed by atoms with Gasteiger partial charge in [-0.2, -0.15) is 0 Å². The third kappa shape index (κ3) is 5.71. The summed E-state index contributed by atoms with van der Waals surface area (Å²) < 4.78 is 9.64. The Hall–Kier alpha value is -4.08.